The number of benzene rings is 2. The van der Waals surface area contributed by atoms with Crippen LogP contribution in [0, 0.1) is 11.8 Å². The van der Waals surface area contributed by atoms with Gasteiger partial charge in [0.2, 0.25) is 11.8 Å². The number of carbonyl (C=O) groups is 2. The minimum absolute atomic E-state index is 0.0202. The Bertz CT molecular complexity index is 1160. The summed E-state index contributed by atoms with van der Waals surface area (Å²) in [5.74, 6) is 0.432. The van der Waals surface area contributed by atoms with Gasteiger partial charge in [-0.25, -0.2) is 0 Å². The predicted molar refractivity (Wildman–Crippen MR) is 134 cm³/mol. The van der Waals surface area contributed by atoms with Crippen molar-refractivity contribution in [1.29, 1.82) is 0 Å². The second-order valence-corrected chi connectivity index (χ2v) is 9.58. The lowest BCUT2D eigenvalue weighted by molar-refractivity contribution is -0.133. The first-order valence-electron chi connectivity index (χ1n) is 12.4. The van der Waals surface area contributed by atoms with Crippen molar-refractivity contribution < 1.29 is 9.59 Å². The Balaban J connectivity index is 1.16. The summed E-state index contributed by atoms with van der Waals surface area (Å²) in [4.78, 5) is 26.1. The van der Waals surface area contributed by atoms with E-state index < -0.39 is 0 Å². The summed E-state index contributed by atoms with van der Waals surface area (Å²) < 4.78 is 1.94. The minimum Gasteiger partial charge on any atom is -0.355 e. The molecular weight excluding hydrogens is 440 g/mol. The maximum absolute atomic E-state index is 12.7. The van der Waals surface area contributed by atoms with Crippen LogP contribution in [0.3, 0.4) is 0 Å². The van der Waals surface area contributed by atoms with E-state index >= 15 is 0 Å². The van der Waals surface area contributed by atoms with Crippen molar-refractivity contribution in [2.24, 2.45) is 11.8 Å². The highest BCUT2D eigenvalue weighted by molar-refractivity contribution is 5.79. The predicted octanol–water partition coefficient (Wildman–Crippen LogP) is 2.57. The first kappa shape index (κ1) is 23.2. The lowest BCUT2D eigenvalue weighted by Gasteiger charge is -2.49. The zero-order valence-electron chi connectivity index (χ0n) is 20.1. The van der Waals surface area contributed by atoms with Gasteiger partial charge in [0.25, 0.3) is 0 Å². The van der Waals surface area contributed by atoms with Gasteiger partial charge in [-0.1, -0.05) is 59.8 Å². The molecule has 2 N–H and O–H groups in total. The summed E-state index contributed by atoms with van der Waals surface area (Å²) >= 11 is 0. The number of hydrogen-bond donors (Lipinski definition) is 2. The van der Waals surface area contributed by atoms with E-state index in [-0.39, 0.29) is 17.7 Å². The van der Waals surface area contributed by atoms with Crippen LogP contribution in [0.25, 0.3) is 22.4 Å². The van der Waals surface area contributed by atoms with Gasteiger partial charge in [-0.05, 0) is 36.4 Å². The molecule has 3 aromatic rings. The maximum atomic E-state index is 12.7. The summed E-state index contributed by atoms with van der Waals surface area (Å²) in [7, 11) is 0. The van der Waals surface area contributed by atoms with Gasteiger partial charge in [0, 0.05) is 38.2 Å². The Morgan fingerprint density at radius 2 is 1.69 bits per heavy atom. The smallest absolute Gasteiger partial charge is 0.224 e. The van der Waals surface area contributed by atoms with Crippen LogP contribution in [0.5, 0.6) is 0 Å². The fourth-order valence-corrected chi connectivity index (χ4v) is 5.38. The molecule has 3 aliphatic rings. The van der Waals surface area contributed by atoms with E-state index in [1.165, 1.54) is 18.1 Å². The van der Waals surface area contributed by atoms with E-state index in [2.05, 4.69) is 62.2 Å². The normalized spacial score (nSPS) is 23.1. The van der Waals surface area contributed by atoms with E-state index in [0.29, 0.717) is 25.0 Å². The van der Waals surface area contributed by atoms with Crippen LogP contribution in [0.1, 0.15) is 19.8 Å². The molecule has 4 heterocycles. The van der Waals surface area contributed by atoms with E-state index in [1.807, 2.05) is 29.1 Å². The lowest BCUT2D eigenvalue weighted by Crippen LogP contribution is -2.58. The third-order valence-corrected chi connectivity index (χ3v) is 7.24. The van der Waals surface area contributed by atoms with Gasteiger partial charge < -0.3 is 10.6 Å². The molecule has 8 nitrogen and oxygen atoms in total. The first-order chi connectivity index (χ1) is 17.1. The van der Waals surface area contributed by atoms with Crippen LogP contribution < -0.4 is 10.6 Å². The number of nitrogens with one attached hydrogen (secondary N) is 2. The van der Waals surface area contributed by atoms with Gasteiger partial charge in [0.05, 0.1) is 18.7 Å². The molecule has 2 amide bonds. The number of carbonyl (C=O) groups excluding carboxylic acids is 2. The molecule has 8 heteroatoms. The minimum atomic E-state index is -0.0783. The molecule has 182 valence electrons. The highest BCUT2D eigenvalue weighted by Crippen LogP contribution is 2.37. The average molecular weight is 473 g/mol. The van der Waals surface area contributed by atoms with Gasteiger partial charge in [-0.15, -0.1) is 5.10 Å². The molecule has 35 heavy (non-hydrogen) atoms. The molecule has 3 saturated heterocycles. The zero-order valence-corrected chi connectivity index (χ0v) is 20.1. The Hall–Kier alpha value is -3.52. The molecule has 0 aliphatic carbocycles. The Morgan fingerprint density at radius 3 is 2.40 bits per heavy atom. The third kappa shape index (κ3) is 5.43. The summed E-state index contributed by atoms with van der Waals surface area (Å²) in [6, 6.07) is 19.1. The summed E-state index contributed by atoms with van der Waals surface area (Å²) in [6.45, 7) is 5.00. The average Bonchev–Trinajstić information content (AvgIpc) is 3.36. The summed E-state index contributed by atoms with van der Waals surface area (Å²) in [6.07, 6.45) is 4.06. The highest BCUT2D eigenvalue weighted by Gasteiger charge is 2.43. The molecule has 6 rings (SSSR count). The van der Waals surface area contributed by atoms with Crippen LogP contribution in [0.2, 0.25) is 0 Å². The topological polar surface area (TPSA) is 92.2 Å². The van der Waals surface area contributed by atoms with Crippen molar-refractivity contribution in [2.45, 2.75) is 32.4 Å². The van der Waals surface area contributed by atoms with Gasteiger partial charge >= 0.3 is 0 Å². The van der Waals surface area contributed by atoms with Gasteiger partial charge in [0.1, 0.15) is 5.69 Å². The number of hydrogen-bond acceptors (Lipinski definition) is 5. The summed E-state index contributed by atoms with van der Waals surface area (Å²) in [5, 5.41) is 14.5. The monoisotopic (exact) mass is 472 g/mol. The van der Waals surface area contributed by atoms with E-state index in [9.17, 15) is 9.59 Å². The number of rotatable bonds is 8. The van der Waals surface area contributed by atoms with Crippen LogP contribution >= 0.6 is 0 Å². The molecule has 1 aromatic heterocycles. The first-order valence-corrected chi connectivity index (χ1v) is 12.4. The van der Waals surface area contributed by atoms with Crippen molar-refractivity contribution >= 4 is 11.8 Å². The van der Waals surface area contributed by atoms with Gasteiger partial charge in [0.15, 0.2) is 0 Å². The summed E-state index contributed by atoms with van der Waals surface area (Å²) in [5.41, 5.74) is 4.31. The zero-order chi connectivity index (χ0) is 24.2. The maximum Gasteiger partial charge on any atom is 0.224 e. The van der Waals surface area contributed by atoms with Crippen LogP contribution in [-0.2, 0) is 16.1 Å². The molecule has 3 fully saturated rings. The number of piperidine rings is 3. The van der Waals surface area contributed by atoms with Crippen molar-refractivity contribution in [3.8, 4) is 22.4 Å². The SMILES string of the molecule is CC(=O)NCCNC(=O)[C@H]1CN2CC[C@@H]1C[C@@H]2Cn1cc(-c2ccc(-c3ccccc3)cc2)nn1. The van der Waals surface area contributed by atoms with Crippen LogP contribution in [0.4, 0.5) is 0 Å². The van der Waals surface area contributed by atoms with Crippen molar-refractivity contribution in [2.75, 3.05) is 26.2 Å². The van der Waals surface area contributed by atoms with Crippen LogP contribution in [0.15, 0.2) is 60.8 Å². The van der Waals surface area contributed by atoms with E-state index in [1.54, 1.807) is 0 Å². The fourth-order valence-electron chi connectivity index (χ4n) is 5.38. The molecule has 0 radical (unpaired) electrons. The molecule has 2 aromatic carbocycles. The Kier molecular flexibility index (Phi) is 6.90. The molecule has 1 unspecified atom stereocenters. The molecule has 3 aliphatic heterocycles. The lowest BCUT2D eigenvalue weighted by atomic mass is 9.75. The quantitative estimate of drug-likeness (QED) is 0.492. The van der Waals surface area contributed by atoms with E-state index in [0.717, 1.165) is 43.7 Å². The van der Waals surface area contributed by atoms with Gasteiger partial charge in [-0.2, -0.15) is 0 Å². The third-order valence-electron chi connectivity index (χ3n) is 7.24. The molecular formula is C27H32N6O2. The van der Waals surface area contributed by atoms with Gasteiger partial charge in [-0.3, -0.25) is 19.2 Å². The molecule has 4 atom stereocenters. The highest BCUT2D eigenvalue weighted by atomic mass is 16.2. The van der Waals surface area contributed by atoms with Crippen LogP contribution in [-0.4, -0.2) is 63.9 Å². The Morgan fingerprint density at radius 1 is 0.971 bits per heavy atom. The number of fused-ring (bicyclic) bond motifs is 3. The second-order valence-electron chi connectivity index (χ2n) is 9.58. The largest absolute Gasteiger partial charge is 0.355 e. The molecule has 2 bridgehead atoms. The number of aromatic nitrogens is 3. The van der Waals surface area contributed by atoms with Crippen molar-refractivity contribution in [3.05, 3.63) is 60.8 Å². The standard InChI is InChI=1S/C27H32N6O2/c1-19(34)28-12-13-29-27(35)25-17-32-14-11-23(25)15-24(32)16-33-18-26(30-31-33)22-9-7-21(8-10-22)20-5-3-2-4-6-20/h2-10,18,23-25H,11-17H2,1H3,(H,28,34)(H,29,35)/t23-,24-,25+/m1/s1. The molecule has 0 spiro atoms. The fraction of sp³-hybridized carbons (Fsp3) is 0.407. The van der Waals surface area contributed by atoms with Crippen molar-refractivity contribution in [3.63, 3.8) is 0 Å². The number of amides is 2. The number of nitrogens with zero attached hydrogens (tertiary/aromatic N) is 4. The second kappa shape index (κ2) is 10.4. The van der Waals surface area contributed by atoms with Crippen molar-refractivity contribution in [1.82, 2.24) is 30.5 Å². The van der Waals surface area contributed by atoms with E-state index in [4.69, 9.17) is 0 Å². The molecule has 0 saturated carbocycles. The Labute approximate surface area is 205 Å².